The maximum atomic E-state index is 15.5. The first kappa shape index (κ1) is 32.5. The molecule has 1 N–H and O–H groups in total. The molecule has 2 nitrogen and oxygen atoms in total. The number of carbonyl (C=O) groups is 1. The molecule has 0 amide bonds. The van der Waals surface area contributed by atoms with Crippen molar-refractivity contribution in [2.75, 3.05) is 0 Å². The van der Waals surface area contributed by atoms with Gasteiger partial charge in [0.15, 0.2) is 17.5 Å². The highest BCUT2D eigenvalue weighted by Crippen LogP contribution is 2.47. The number of aromatic carboxylic acids is 1. The molecular formula is C35H45F5O2. The van der Waals surface area contributed by atoms with Crippen molar-refractivity contribution < 1.29 is 31.9 Å². The SMILES string of the molecule is CCCCCCCCCC[C@H]1CC[C@H](C2CCC(c3cc(F)c(C(=O)O)c(F)c3-c3cc(F)c(F)c(F)c3)CC2)CC1. The second-order valence-electron chi connectivity index (χ2n) is 12.7. The van der Waals surface area contributed by atoms with Gasteiger partial charge in [0.1, 0.15) is 17.2 Å². The highest BCUT2D eigenvalue weighted by molar-refractivity contribution is 5.91. The molecule has 0 heterocycles. The molecule has 0 spiro atoms. The van der Waals surface area contributed by atoms with Crippen LogP contribution in [0.15, 0.2) is 18.2 Å². The van der Waals surface area contributed by atoms with E-state index >= 15 is 4.39 Å². The molecule has 0 aliphatic heterocycles. The smallest absolute Gasteiger partial charge is 0.341 e. The monoisotopic (exact) mass is 592 g/mol. The lowest BCUT2D eigenvalue weighted by atomic mass is 9.67. The number of carboxylic acids is 1. The van der Waals surface area contributed by atoms with Crippen molar-refractivity contribution in [3.05, 3.63) is 58.4 Å². The summed E-state index contributed by atoms with van der Waals surface area (Å²) >= 11 is 0. The Labute approximate surface area is 247 Å². The van der Waals surface area contributed by atoms with Gasteiger partial charge in [0.2, 0.25) is 0 Å². The summed E-state index contributed by atoms with van der Waals surface area (Å²) in [6.45, 7) is 2.25. The first-order valence-electron chi connectivity index (χ1n) is 16.1. The van der Waals surface area contributed by atoms with Crippen LogP contribution in [-0.4, -0.2) is 11.1 Å². The number of hydrogen-bond donors (Lipinski definition) is 1. The topological polar surface area (TPSA) is 37.3 Å². The largest absolute Gasteiger partial charge is 0.477 e. The fourth-order valence-electron chi connectivity index (χ4n) is 7.57. The molecule has 42 heavy (non-hydrogen) atoms. The van der Waals surface area contributed by atoms with Gasteiger partial charge in [-0.1, -0.05) is 77.6 Å². The number of unbranched alkanes of at least 4 members (excludes halogenated alkanes) is 7. The number of hydrogen-bond acceptors (Lipinski definition) is 1. The van der Waals surface area contributed by atoms with E-state index < -0.39 is 40.6 Å². The summed E-state index contributed by atoms with van der Waals surface area (Å²) in [6.07, 6.45) is 20.1. The van der Waals surface area contributed by atoms with E-state index in [-0.39, 0.29) is 22.6 Å². The van der Waals surface area contributed by atoms with Crippen LogP contribution in [0, 0.1) is 46.8 Å². The molecule has 0 atom stereocenters. The fraction of sp³-hybridized carbons (Fsp3) is 0.629. The van der Waals surface area contributed by atoms with Crippen molar-refractivity contribution in [1.82, 2.24) is 0 Å². The predicted octanol–water partition coefficient (Wildman–Crippen LogP) is 11.4. The van der Waals surface area contributed by atoms with Crippen molar-refractivity contribution >= 4 is 5.97 Å². The Morgan fingerprint density at radius 1 is 0.690 bits per heavy atom. The van der Waals surface area contributed by atoms with Gasteiger partial charge in [0.05, 0.1) is 0 Å². The first-order valence-corrected chi connectivity index (χ1v) is 16.1. The van der Waals surface area contributed by atoms with E-state index in [2.05, 4.69) is 6.92 Å². The zero-order valence-electron chi connectivity index (χ0n) is 24.8. The zero-order chi connectivity index (χ0) is 30.2. The molecule has 2 aromatic carbocycles. The molecule has 0 radical (unpaired) electrons. The molecule has 2 saturated carbocycles. The van der Waals surface area contributed by atoms with Crippen LogP contribution in [0.4, 0.5) is 22.0 Å². The summed E-state index contributed by atoms with van der Waals surface area (Å²) in [4.78, 5) is 11.6. The quantitative estimate of drug-likeness (QED) is 0.143. The number of halogens is 5. The third kappa shape index (κ3) is 7.93. The maximum Gasteiger partial charge on any atom is 0.341 e. The van der Waals surface area contributed by atoms with Gasteiger partial charge in [-0.25, -0.2) is 26.7 Å². The molecule has 0 aromatic heterocycles. The highest BCUT2D eigenvalue weighted by Gasteiger charge is 2.34. The van der Waals surface area contributed by atoms with Crippen LogP contribution in [0.25, 0.3) is 11.1 Å². The normalized spacial score (nSPS) is 22.8. The summed E-state index contributed by atoms with van der Waals surface area (Å²) in [5, 5.41) is 9.39. The van der Waals surface area contributed by atoms with Crippen molar-refractivity contribution in [2.45, 2.75) is 122 Å². The Hall–Kier alpha value is -2.44. The lowest BCUT2D eigenvalue weighted by Gasteiger charge is -2.38. The molecular weight excluding hydrogens is 547 g/mol. The molecule has 0 saturated heterocycles. The molecule has 2 aliphatic rings. The molecule has 232 valence electrons. The van der Waals surface area contributed by atoms with Gasteiger partial charge in [-0.2, -0.15) is 0 Å². The molecule has 0 bridgehead atoms. The van der Waals surface area contributed by atoms with Crippen LogP contribution in [0.3, 0.4) is 0 Å². The van der Waals surface area contributed by atoms with Crippen LogP contribution in [0.2, 0.25) is 0 Å². The van der Waals surface area contributed by atoms with E-state index in [4.69, 9.17) is 0 Å². The average Bonchev–Trinajstić information content (AvgIpc) is 2.97. The number of carboxylic acid groups (broad SMARTS) is 1. The van der Waals surface area contributed by atoms with E-state index in [1.807, 2.05) is 0 Å². The molecule has 2 fully saturated rings. The van der Waals surface area contributed by atoms with Crippen molar-refractivity contribution in [3.63, 3.8) is 0 Å². The van der Waals surface area contributed by atoms with E-state index in [1.165, 1.54) is 83.5 Å². The lowest BCUT2D eigenvalue weighted by molar-refractivity contribution is 0.0686. The summed E-state index contributed by atoms with van der Waals surface area (Å²) < 4.78 is 72.1. The Morgan fingerprint density at radius 2 is 1.21 bits per heavy atom. The Morgan fingerprint density at radius 3 is 1.76 bits per heavy atom. The first-order chi connectivity index (χ1) is 20.2. The lowest BCUT2D eigenvalue weighted by Crippen LogP contribution is -2.25. The third-order valence-electron chi connectivity index (χ3n) is 9.97. The van der Waals surface area contributed by atoms with Gasteiger partial charge < -0.3 is 5.11 Å². The van der Waals surface area contributed by atoms with Gasteiger partial charge >= 0.3 is 5.97 Å². The van der Waals surface area contributed by atoms with Gasteiger partial charge in [-0.15, -0.1) is 0 Å². The van der Waals surface area contributed by atoms with Crippen LogP contribution >= 0.6 is 0 Å². The van der Waals surface area contributed by atoms with Crippen LogP contribution < -0.4 is 0 Å². The molecule has 0 unspecified atom stereocenters. The van der Waals surface area contributed by atoms with Crippen molar-refractivity contribution in [2.24, 2.45) is 17.8 Å². The minimum Gasteiger partial charge on any atom is -0.477 e. The van der Waals surface area contributed by atoms with E-state index in [0.717, 1.165) is 24.8 Å². The van der Waals surface area contributed by atoms with E-state index in [0.29, 0.717) is 36.8 Å². The van der Waals surface area contributed by atoms with Gasteiger partial charge in [-0.05, 0) is 91.5 Å². The van der Waals surface area contributed by atoms with E-state index in [1.54, 1.807) is 0 Å². The Balaban J connectivity index is 1.35. The van der Waals surface area contributed by atoms with Crippen molar-refractivity contribution in [1.29, 1.82) is 0 Å². The van der Waals surface area contributed by atoms with Crippen molar-refractivity contribution in [3.8, 4) is 11.1 Å². The van der Waals surface area contributed by atoms with Crippen LogP contribution in [0.1, 0.15) is 138 Å². The number of rotatable bonds is 13. The second-order valence-corrected chi connectivity index (χ2v) is 12.7. The zero-order valence-corrected chi connectivity index (χ0v) is 24.8. The summed E-state index contributed by atoms with van der Waals surface area (Å²) in [6, 6.07) is 2.27. The Kier molecular flexibility index (Phi) is 11.9. The molecule has 4 rings (SSSR count). The predicted molar refractivity (Wildman–Crippen MR) is 156 cm³/mol. The fourth-order valence-corrected chi connectivity index (χ4v) is 7.57. The summed E-state index contributed by atoms with van der Waals surface area (Å²) in [7, 11) is 0. The van der Waals surface area contributed by atoms with E-state index in [9.17, 15) is 27.5 Å². The summed E-state index contributed by atoms with van der Waals surface area (Å²) in [5.41, 5.74) is -1.70. The molecule has 2 aliphatic carbocycles. The maximum absolute atomic E-state index is 15.5. The minimum absolute atomic E-state index is 0.188. The van der Waals surface area contributed by atoms with Crippen LogP contribution in [-0.2, 0) is 0 Å². The average molecular weight is 593 g/mol. The number of benzene rings is 2. The highest BCUT2D eigenvalue weighted by atomic mass is 19.2. The van der Waals surface area contributed by atoms with Gasteiger partial charge in [-0.3, -0.25) is 0 Å². The Bertz CT molecular complexity index is 1170. The second kappa shape index (κ2) is 15.3. The van der Waals surface area contributed by atoms with Crippen LogP contribution in [0.5, 0.6) is 0 Å². The molecule has 2 aromatic rings. The molecule has 7 heteroatoms. The van der Waals surface area contributed by atoms with Gasteiger partial charge in [0.25, 0.3) is 0 Å². The standard InChI is InChI=1S/C35H45F5O2/c1-2-3-4-5-6-7-8-9-10-22-11-13-23(14-12-22)24-15-17-25(18-16-24)27-21-28(36)32(35(41)42)34(40)31(27)26-19-29(37)33(39)30(38)20-26/h19-25H,2-18H2,1H3,(H,41,42)/t22-,23-,24?,25?. The summed E-state index contributed by atoms with van der Waals surface area (Å²) in [5.74, 6) is -7.47. The minimum atomic E-state index is -1.82. The third-order valence-corrected chi connectivity index (χ3v) is 9.97. The van der Waals surface area contributed by atoms with Gasteiger partial charge in [0, 0.05) is 5.56 Å².